The van der Waals surface area contributed by atoms with E-state index in [1.54, 1.807) is 7.11 Å². The van der Waals surface area contributed by atoms with Crippen LogP contribution in [-0.4, -0.2) is 21.7 Å². The van der Waals surface area contributed by atoms with Crippen molar-refractivity contribution in [1.29, 1.82) is 0 Å². The molecule has 0 saturated heterocycles. The molecule has 0 saturated carbocycles. The van der Waals surface area contributed by atoms with Gasteiger partial charge >= 0.3 is 0 Å². The molecule has 4 heteroatoms. The van der Waals surface area contributed by atoms with Crippen LogP contribution in [0.25, 0.3) is 0 Å². The van der Waals surface area contributed by atoms with E-state index in [2.05, 4.69) is 102 Å². The highest BCUT2D eigenvalue weighted by molar-refractivity contribution is 9.10. The Bertz CT molecular complexity index is 761. The van der Waals surface area contributed by atoms with Crippen molar-refractivity contribution in [2.24, 2.45) is 5.41 Å². The first kappa shape index (κ1) is 20.9. The Labute approximate surface area is 168 Å². The molecule has 0 spiro atoms. The second-order valence-corrected chi connectivity index (χ2v) is 13.5. The predicted octanol–water partition coefficient (Wildman–Crippen LogP) is 6.38. The number of hydrogen-bond acceptors (Lipinski definition) is 2. The summed E-state index contributed by atoms with van der Waals surface area (Å²) in [6, 6.07) is 4.19. The van der Waals surface area contributed by atoms with Crippen LogP contribution in [0.2, 0.25) is 19.6 Å². The molecule has 1 heterocycles. The van der Waals surface area contributed by atoms with Gasteiger partial charge in [0, 0.05) is 18.2 Å². The average molecular weight is 432 g/mol. The monoisotopic (exact) mass is 431 g/mol. The van der Waals surface area contributed by atoms with Gasteiger partial charge in [0.25, 0.3) is 0 Å². The molecule has 0 amide bonds. The highest BCUT2D eigenvalue weighted by atomic mass is 79.9. The third-order valence-electron chi connectivity index (χ3n) is 4.87. The van der Waals surface area contributed by atoms with Crippen LogP contribution in [0.5, 0.6) is 5.75 Å². The maximum Gasteiger partial charge on any atom is 0.134 e. The van der Waals surface area contributed by atoms with Gasteiger partial charge in [-0.1, -0.05) is 51.6 Å². The van der Waals surface area contributed by atoms with Gasteiger partial charge in [0.15, 0.2) is 0 Å². The Morgan fingerprint density at radius 2 is 1.88 bits per heavy atom. The highest BCUT2D eigenvalue weighted by Crippen LogP contribution is 2.37. The number of benzene rings is 1. The number of ether oxygens (including phenoxy) is 1. The summed E-state index contributed by atoms with van der Waals surface area (Å²) >= 11 is 3.65. The Morgan fingerprint density at radius 3 is 2.46 bits per heavy atom. The third kappa shape index (κ3) is 5.05. The number of rotatable bonds is 4. The lowest BCUT2D eigenvalue weighted by Gasteiger charge is -2.34. The number of methoxy groups -OCH3 is 1. The maximum atomic E-state index is 5.52. The van der Waals surface area contributed by atoms with Gasteiger partial charge in [-0.25, -0.2) is 0 Å². The van der Waals surface area contributed by atoms with Crippen molar-refractivity contribution in [3.8, 4) is 17.2 Å². The zero-order valence-electron chi connectivity index (χ0n) is 16.8. The number of nitrogens with zero attached hydrogens (tertiary/aromatic N) is 1. The van der Waals surface area contributed by atoms with Gasteiger partial charge in [-0.05, 0) is 47.0 Å². The van der Waals surface area contributed by atoms with E-state index in [1.165, 1.54) is 0 Å². The third-order valence-corrected chi connectivity index (χ3v) is 6.37. The van der Waals surface area contributed by atoms with Crippen LogP contribution in [-0.2, 0) is 0 Å². The highest BCUT2D eigenvalue weighted by Gasteiger charge is 2.27. The number of anilines is 1. The van der Waals surface area contributed by atoms with E-state index in [0.717, 1.165) is 40.9 Å². The standard InChI is InChI=1S/C22H30BrNOSi/c1-7-22(8-2)12-9-10-13-24(17-22)20-16-19(23)21(25-3)15-18(20)11-14-26(4,5)6/h9-10,12-13,15-16H,7-8,17H2,1-6H3. The van der Waals surface area contributed by atoms with E-state index >= 15 is 0 Å². The van der Waals surface area contributed by atoms with Gasteiger partial charge < -0.3 is 9.64 Å². The molecule has 0 unspecified atom stereocenters. The average Bonchev–Trinajstić information content (AvgIpc) is 2.82. The number of allylic oxidation sites excluding steroid dienone is 2. The molecule has 1 aliphatic heterocycles. The lowest BCUT2D eigenvalue weighted by molar-refractivity contribution is 0.363. The van der Waals surface area contributed by atoms with Crippen molar-refractivity contribution in [1.82, 2.24) is 0 Å². The summed E-state index contributed by atoms with van der Waals surface area (Å²) in [7, 11) is 0.231. The smallest absolute Gasteiger partial charge is 0.134 e. The van der Waals surface area contributed by atoms with Crippen molar-refractivity contribution >= 4 is 29.7 Å². The van der Waals surface area contributed by atoms with E-state index < -0.39 is 8.07 Å². The topological polar surface area (TPSA) is 12.5 Å². The number of hydrogen-bond donors (Lipinski definition) is 0. The SMILES string of the molecule is CCC1(CC)C=CC=CN(c2cc(Br)c(OC)cc2C#C[Si](C)(C)C)C1. The van der Waals surface area contributed by atoms with Crippen LogP contribution >= 0.6 is 15.9 Å². The number of halogens is 1. The van der Waals surface area contributed by atoms with E-state index in [0.29, 0.717) is 0 Å². The van der Waals surface area contributed by atoms with Crippen LogP contribution in [0, 0.1) is 16.9 Å². The Balaban J connectivity index is 2.56. The minimum absolute atomic E-state index is 0.180. The normalized spacial score (nSPS) is 16.0. The van der Waals surface area contributed by atoms with E-state index in [1.807, 2.05) is 0 Å². The molecule has 0 aromatic heterocycles. The Morgan fingerprint density at radius 1 is 1.19 bits per heavy atom. The van der Waals surface area contributed by atoms with Crippen molar-refractivity contribution in [2.45, 2.75) is 46.3 Å². The van der Waals surface area contributed by atoms with Crippen molar-refractivity contribution in [2.75, 3.05) is 18.6 Å². The fourth-order valence-electron chi connectivity index (χ4n) is 3.02. The quantitative estimate of drug-likeness (QED) is 0.404. The molecule has 0 N–H and O–H groups in total. The van der Waals surface area contributed by atoms with Crippen molar-refractivity contribution < 1.29 is 4.74 Å². The van der Waals surface area contributed by atoms with Gasteiger partial charge in [-0.2, -0.15) is 0 Å². The largest absolute Gasteiger partial charge is 0.496 e. The van der Waals surface area contributed by atoms with Gasteiger partial charge in [0.05, 0.1) is 22.8 Å². The first-order chi connectivity index (χ1) is 12.2. The fourth-order valence-corrected chi connectivity index (χ4v) is 4.03. The summed E-state index contributed by atoms with van der Waals surface area (Å²) in [5, 5.41) is 0. The zero-order chi connectivity index (χ0) is 19.4. The first-order valence-electron chi connectivity index (χ1n) is 9.27. The molecule has 1 aromatic rings. The Kier molecular flexibility index (Phi) is 6.82. The molecule has 1 aromatic carbocycles. The van der Waals surface area contributed by atoms with Crippen LogP contribution < -0.4 is 9.64 Å². The van der Waals surface area contributed by atoms with Crippen molar-refractivity contribution in [3.63, 3.8) is 0 Å². The van der Waals surface area contributed by atoms with Crippen LogP contribution in [0.15, 0.2) is 41.0 Å². The fraction of sp³-hybridized carbons (Fsp3) is 0.455. The molecular weight excluding hydrogens is 402 g/mol. The molecule has 26 heavy (non-hydrogen) atoms. The molecule has 140 valence electrons. The molecule has 2 rings (SSSR count). The van der Waals surface area contributed by atoms with E-state index in [9.17, 15) is 0 Å². The summed E-state index contributed by atoms with van der Waals surface area (Å²) in [5.41, 5.74) is 5.85. The van der Waals surface area contributed by atoms with Gasteiger partial charge in [-0.15, -0.1) is 5.54 Å². The van der Waals surface area contributed by atoms with Gasteiger partial charge in [-0.3, -0.25) is 0 Å². The minimum Gasteiger partial charge on any atom is -0.496 e. The minimum atomic E-state index is -1.47. The summed E-state index contributed by atoms with van der Waals surface area (Å²) in [6.07, 6.45) is 11.1. The molecular formula is C22H30BrNOSi. The van der Waals surface area contributed by atoms with Crippen molar-refractivity contribution in [3.05, 3.63) is 46.6 Å². The van der Waals surface area contributed by atoms with Gasteiger partial charge in [0.1, 0.15) is 13.8 Å². The lowest BCUT2D eigenvalue weighted by Crippen LogP contribution is -2.32. The molecule has 0 radical (unpaired) electrons. The maximum absolute atomic E-state index is 5.52. The van der Waals surface area contributed by atoms with E-state index in [4.69, 9.17) is 4.74 Å². The predicted molar refractivity (Wildman–Crippen MR) is 120 cm³/mol. The lowest BCUT2D eigenvalue weighted by atomic mass is 9.81. The summed E-state index contributed by atoms with van der Waals surface area (Å²) in [4.78, 5) is 2.34. The molecule has 0 atom stereocenters. The van der Waals surface area contributed by atoms with Crippen LogP contribution in [0.1, 0.15) is 32.3 Å². The van der Waals surface area contributed by atoms with Crippen LogP contribution in [0.3, 0.4) is 0 Å². The van der Waals surface area contributed by atoms with Gasteiger partial charge in [0.2, 0.25) is 0 Å². The molecule has 2 nitrogen and oxygen atoms in total. The Hall–Kier alpha value is -1.44. The second-order valence-electron chi connectivity index (χ2n) is 7.90. The summed E-state index contributed by atoms with van der Waals surface area (Å²) in [5.74, 6) is 4.27. The molecule has 1 aliphatic rings. The molecule has 0 bridgehead atoms. The first-order valence-corrected chi connectivity index (χ1v) is 13.6. The van der Waals surface area contributed by atoms with E-state index in [-0.39, 0.29) is 5.41 Å². The summed E-state index contributed by atoms with van der Waals surface area (Å²) < 4.78 is 6.47. The molecule has 0 fully saturated rings. The summed E-state index contributed by atoms with van der Waals surface area (Å²) in [6.45, 7) is 12.3. The second kappa shape index (κ2) is 8.50. The zero-order valence-corrected chi connectivity index (χ0v) is 19.4. The van der Waals surface area contributed by atoms with Crippen LogP contribution in [0.4, 0.5) is 5.69 Å². The molecule has 0 aliphatic carbocycles.